The Morgan fingerprint density at radius 3 is 2.93 bits per heavy atom. The van der Waals surface area contributed by atoms with Gasteiger partial charge in [-0.1, -0.05) is 28.1 Å². The highest BCUT2D eigenvalue weighted by molar-refractivity contribution is 9.10. The maximum absolute atomic E-state index is 11.6. The molecule has 2 bridgehead atoms. The first kappa shape index (κ1) is 17.9. The fourth-order valence-electron chi connectivity index (χ4n) is 4.43. The van der Waals surface area contributed by atoms with Crippen molar-refractivity contribution in [2.24, 2.45) is 16.6 Å². The van der Waals surface area contributed by atoms with Crippen LogP contribution in [0.3, 0.4) is 0 Å². The van der Waals surface area contributed by atoms with Gasteiger partial charge in [-0.05, 0) is 48.8 Å². The van der Waals surface area contributed by atoms with E-state index in [0.29, 0.717) is 11.5 Å². The monoisotopic (exact) mass is 431 g/mol. The minimum atomic E-state index is -0.914. The molecule has 1 heterocycles. The van der Waals surface area contributed by atoms with Crippen molar-refractivity contribution < 1.29 is 9.90 Å². The first-order valence-corrected chi connectivity index (χ1v) is 9.77. The van der Waals surface area contributed by atoms with Crippen LogP contribution in [-0.4, -0.2) is 40.7 Å². The average molecular weight is 432 g/mol. The van der Waals surface area contributed by atoms with Gasteiger partial charge in [-0.25, -0.2) is 9.79 Å². The van der Waals surface area contributed by atoms with Crippen LogP contribution in [0.2, 0.25) is 0 Å². The average Bonchev–Trinajstić information content (AvgIpc) is 3.24. The molecule has 2 aromatic carbocycles. The van der Waals surface area contributed by atoms with Gasteiger partial charge in [-0.2, -0.15) is 0 Å². The maximum Gasteiger partial charge on any atom is 0.408 e. The van der Waals surface area contributed by atoms with Gasteiger partial charge in [0.15, 0.2) is 0 Å². The zero-order valence-electron chi connectivity index (χ0n) is 14.7. The lowest BCUT2D eigenvalue weighted by Crippen LogP contribution is -2.51. The van der Waals surface area contributed by atoms with Gasteiger partial charge in [0.25, 0.3) is 0 Å². The van der Waals surface area contributed by atoms with E-state index in [-0.39, 0.29) is 24.7 Å². The predicted octanol–water partition coefficient (Wildman–Crippen LogP) is 3.44. The molecule has 1 saturated carbocycles. The molecule has 8 heteroatoms. The number of aliphatic imine (C=N–C) groups is 1. The number of rotatable bonds is 4. The summed E-state index contributed by atoms with van der Waals surface area (Å²) < 4.78 is 1.00. The number of hydrogen-bond donors (Lipinski definition) is 4. The molecule has 1 amide bonds. The van der Waals surface area contributed by atoms with E-state index in [1.165, 1.54) is 4.90 Å². The van der Waals surface area contributed by atoms with Gasteiger partial charge in [-0.3, -0.25) is 4.90 Å². The molecular formula is C19H22BrN5O2. The smallest absolute Gasteiger partial charge is 0.408 e. The summed E-state index contributed by atoms with van der Waals surface area (Å²) in [6, 6.07) is 9.61. The van der Waals surface area contributed by atoms with E-state index < -0.39 is 6.09 Å². The van der Waals surface area contributed by atoms with Crippen LogP contribution in [0.25, 0.3) is 10.8 Å². The summed E-state index contributed by atoms with van der Waals surface area (Å²) in [6.45, 7) is 0.249. The Kier molecular flexibility index (Phi) is 4.59. The first-order valence-electron chi connectivity index (χ1n) is 8.98. The van der Waals surface area contributed by atoms with Crippen molar-refractivity contribution in [2.45, 2.75) is 31.3 Å². The SMILES string of the molecule is NC(=NCNc1ccc2cc(Br)ccc2c1N)C1C2CCC(C2)N1C(=O)O. The number of likely N-dealkylation sites (tertiary alicyclic amines) is 1. The van der Waals surface area contributed by atoms with Crippen LogP contribution in [-0.2, 0) is 0 Å². The van der Waals surface area contributed by atoms with E-state index in [1.54, 1.807) is 0 Å². The van der Waals surface area contributed by atoms with Crippen molar-refractivity contribution in [2.75, 3.05) is 17.7 Å². The summed E-state index contributed by atoms with van der Waals surface area (Å²) in [7, 11) is 0. The number of carboxylic acid groups (broad SMARTS) is 1. The molecule has 7 nitrogen and oxygen atoms in total. The van der Waals surface area contributed by atoms with Crippen LogP contribution < -0.4 is 16.8 Å². The number of anilines is 2. The first-order chi connectivity index (χ1) is 13.0. The maximum atomic E-state index is 11.6. The number of nitrogens with zero attached hydrogens (tertiary/aromatic N) is 2. The molecule has 0 aromatic heterocycles. The van der Waals surface area contributed by atoms with E-state index in [0.717, 1.165) is 40.2 Å². The van der Waals surface area contributed by atoms with E-state index in [2.05, 4.69) is 26.2 Å². The number of benzene rings is 2. The number of nitrogens with two attached hydrogens (primary N) is 2. The summed E-state index contributed by atoms with van der Waals surface area (Å²) >= 11 is 3.46. The third-order valence-electron chi connectivity index (χ3n) is 5.66. The molecule has 1 aliphatic heterocycles. The van der Waals surface area contributed by atoms with Crippen LogP contribution in [0.1, 0.15) is 19.3 Å². The number of carbonyl (C=O) groups is 1. The minimum Gasteiger partial charge on any atom is -0.465 e. The number of halogens is 1. The largest absolute Gasteiger partial charge is 0.465 e. The normalized spacial score (nSPS) is 24.6. The third kappa shape index (κ3) is 3.18. The zero-order chi connectivity index (χ0) is 19.1. The second kappa shape index (κ2) is 6.92. The van der Waals surface area contributed by atoms with Crippen LogP contribution in [0.15, 0.2) is 39.8 Å². The second-order valence-corrected chi connectivity index (χ2v) is 8.09. The lowest BCUT2D eigenvalue weighted by Gasteiger charge is -2.32. The number of piperidine rings is 1. The highest BCUT2D eigenvalue weighted by Gasteiger charge is 2.49. The molecule has 3 atom stereocenters. The minimum absolute atomic E-state index is 0.0784. The van der Waals surface area contributed by atoms with Crippen LogP contribution >= 0.6 is 15.9 Å². The Balaban J connectivity index is 1.49. The summed E-state index contributed by atoms with van der Waals surface area (Å²) in [5.41, 5.74) is 13.9. The van der Waals surface area contributed by atoms with Crippen molar-refractivity contribution in [1.82, 2.24) is 4.90 Å². The molecule has 142 valence electrons. The second-order valence-electron chi connectivity index (χ2n) is 7.17. The molecule has 1 saturated heterocycles. The Morgan fingerprint density at radius 1 is 1.33 bits per heavy atom. The predicted molar refractivity (Wildman–Crippen MR) is 111 cm³/mol. The third-order valence-corrected chi connectivity index (χ3v) is 6.16. The summed E-state index contributed by atoms with van der Waals surface area (Å²) in [4.78, 5) is 17.5. The van der Waals surface area contributed by atoms with Crippen LogP contribution in [0.5, 0.6) is 0 Å². The number of fused-ring (bicyclic) bond motifs is 3. The molecule has 0 spiro atoms. The Morgan fingerprint density at radius 2 is 2.15 bits per heavy atom. The molecule has 2 fully saturated rings. The van der Waals surface area contributed by atoms with Crippen molar-refractivity contribution >= 4 is 50.0 Å². The van der Waals surface area contributed by atoms with E-state index in [4.69, 9.17) is 11.5 Å². The lowest BCUT2D eigenvalue weighted by molar-refractivity contribution is 0.119. The van der Waals surface area contributed by atoms with Gasteiger partial charge < -0.3 is 21.9 Å². The van der Waals surface area contributed by atoms with Gasteiger partial charge in [-0.15, -0.1) is 0 Å². The van der Waals surface area contributed by atoms with Gasteiger partial charge >= 0.3 is 6.09 Å². The van der Waals surface area contributed by atoms with Gasteiger partial charge in [0.2, 0.25) is 0 Å². The fraction of sp³-hybridized carbons (Fsp3) is 0.368. The van der Waals surface area contributed by atoms with Crippen LogP contribution in [0, 0.1) is 5.92 Å². The zero-order valence-corrected chi connectivity index (χ0v) is 16.3. The molecule has 0 radical (unpaired) electrons. The molecule has 2 aromatic rings. The standard InChI is InChI=1S/C19H22BrN5O2/c20-12-3-5-14-10(7-12)2-6-15(16(14)21)23-9-24-18(22)17-11-1-4-13(8-11)25(17)19(26)27/h2-3,5-7,11,13,17,23H,1,4,8-9,21H2,(H2,22,24)(H,26,27). The summed E-state index contributed by atoms with van der Waals surface area (Å²) in [5, 5.41) is 14.7. The van der Waals surface area contributed by atoms with Gasteiger partial charge in [0, 0.05) is 15.9 Å². The van der Waals surface area contributed by atoms with Crippen molar-refractivity contribution in [3.63, 3.8) is 0 Å². The Labute approximate surface area is 165 Å². The van der Waals surface area contributed by atoms with Gasteiger partial charge in [0.1, 0.15) is 12.5 Å². The Hall–Kier alpha value is -2.48. The quantitative estimate of drug-likeness (QED) is 0.336. The lowest BCUT2D eigenvalue weighted by atomic mass is 9.98. The van der Waals surface area contributed by atoms with Crippen LogP contribution in [0.4, 0.5) is 16.2 Å². The number of amidine groups is 1. The summed E-state index contributed by atoms with van der Waals surface area (Å²) in [6.07, 6.45) is 1.90. The number of hydrogen-bond acceptors (Lipinski definition) is 4. The molecular weight excluding hydrogens is 410 g/mol. The number of nitrogens with one attached hydrogen (secondary N) is 1. The molecule has 2 aliphatic rings. The number of nitrogen functional groups attached to an aromatic ring is 1. The Bertz CT molecular complexity index is 932. The van der Waals surface area contributed by atoms with Crippen molar-refractivity contribution in [3.8, 4) is 0 Å². The number of amides is 1. The summed E-state index contributed by atoms with van der Waals surface area (Å²) in [5.74, 6) is 0.652. The van der Waals surface area contributed by atoms with Gasteiger partial charge in [0.05, 0.1) is 17.4 Å². The fourth-order valence-corrected chi connectivity index (χ4v) is 4.81. The van der Waals surface area contributed by atoms with Crippen molar-refractivity contribution in [3.05, 3.63) is 34.8 Å². The van der Waals surface area contributed by atoms with Crippen molar-refractivity contribution in [1.29, 1.82) is 0 Å². The van der Waals surface area contributed by atoms with E-state index >= 15 is 0 Å². The highest BCUT2D eigenvalue weighted by atomic mass is 79.9. The molecule has 1 aliphatic carbocycles. The molecule has 6 N–H and O–H groups in total. The molecule has 4 rings (SSSR count). The van der Waals surface area contributed by atoms with E-state index in [9.17, 15) is 9.90 Å². The molecule has 3 unspecified atom stereocenters. The van der Waals surface area contributed by atoms with E-state index in [1.807, 2.05) is 30.3 Å². The topological polar surface area (TPSA) is 117 Å². The highest BCUT2D eigenvalue weighted by Crippen LogP contribution is 2.42. The molecule has 27 heavy (non-hydrogen) atoms.